The van der Waals surface area contributed by atoms with Gasteiger partial charge >= 0.3 is 0 Å². The van der Waals surface area contributed by atoms with Gasteiger partial charge in [0.25, 0.3) is 5.56 Å². The molecule has 7 heteroatoms. The fraction of sp³-hybridized carbons (Fsp3) is 0.458. The molecule has 4 heterocycles. The molecule has 0 N–H and O–H groups in total. The molecule has 164 valence electrons. The number of likely N-dealkylation sites (tertiary alicyclic amines) is 1. The molecule has 3 aromatic heterocycles. The summed E-state index contributed by atoms with van der Waals surface area (Å²) in [4.78, 5) is 23.3. The second-order valence-corrected chi connectivity index (χ2v) is 8.74. The van der Waals surface area contributed by atoms with Crippen LogP contribution in [0.15, 0.2) is 41.5 Å². The van der Waals surface area contributed by atoms with Gasteiger partial charge < -0.3 is 9.47 Å². The van der Waals surface area contributed by atoms with Crippen molar-refractivity contribution in [2.24, 2.45) is 5.92 Å². The standard InChI is InChI=1S/C24H28ClFN4O/c1-2-21-20(25)13-18(15-27-21)4-3-17-7-9-29(10-8-17)11-12-30-23-14-19(26)16-28-22(23)5-6-24(30)31/h5-6,13-17H,2-4,7-12H2,1H3. The second-order valence-electron chi connectivity index (χ2n) is 8.33. The molecule has 1 aliphatic rings. The van der Waals surface area contributed by atoms with Gasteiger partial charge in [-0.3, -0.25) is 14.8 Å². The van der Waals surface area contributed by atoms with Crippen molar-refractivity contribution >= 4 is 22.6 Å². The van der Waals surface area contributed by atoms with Gasteiger partial charge in [-0.25, -0.2) is 4.39 Å². The molecule has 0 aliphatic carbocycles. The first-order chi connectivity index (χ1) is 15.0. The van der Waals surface area contributed by atoms with Gasteiger partial charge in [-0.1, -0.05) is 18.5 Å². The average Bonchev–Trinajstić information content (AvgIpc) is 2.78. The van der Waals surface area contributed by atoms with E-state index in [1.165, 1.54) is 23.9 Å². The minimum atomic E-state index is -0.423. The van der Waals surface area contributed by atoms with Gasteiger partial charge in [0.05, 0.1) is 27.9 Å². The van der Waals surface area contributed by atoms with Crippen LogP contribution in [0.4, 0.5) is 4.39 Å². The van der Waals surface area contributed by atoms with E-state index >= 15 is 0 Å². The van der Waals surface area contributed by atoms with Crippen LogP contribution in [0.2, 0.25) is 5.02 Å². The van der Waals surface area contributed by atoms with Gasteiger partial charge in [0.1, 0.15) is 5.82 Å². The van der Waals surface area contributed by atoms with Crippen molar-refractivity contribution < 1.29 is 4.39 Å². The summed E-state index contributed by atoms with van der Waals surface area (Å²) in [7, 11) is 0. The molecule has 4 rings (SSSR count). The van der Waals surface area contributed by atoms with Gasteiger partial charge in [-0.2, -0.15) is 0 Å². The van der Waals surface area contributed by atoms with E-state index in [0.717, 1.165) is 62.5 Å². The van der Waals surface area contributed by atoms with Crippen molar-refractivity contribution in [2.45, 2.75) is 45.6 Å². The van der Waals surface area contributed by atoms with Crippen molar-refractivity contribution in [3.8, 4) is 0 Å². The van der Waals surface area contributed by atoms with Crippen molar-refractivity contribution in [3.63, 3.8) is 0 Å². The maximum absolute atomic E-state index is 13.6. The third kappa shape index (κ3) is 5.31. The normalized spacial score (nSPS) is 15.6. The van der Waals surface area contributed by atoms with E-state index in [0.29, 0.717) is 23.5 Å². The highest BCUT2D eigenvalue weighted by atomic mass is 35.5. The molecule has 1 aliphatic heterocycles. The van der Waals surface area contributed by atoms with E-state index in [9.17, 15) is 9.18 Å². The molecule has 0 spiro atoms. The first-order valence-electron chi connectivity index (χ1n) is 11.0. The van der Waals surface area contributed by atoms with Crippen LogP contribution in [0.5, 0.6) is 0 Å². The smallest absolute Gasteiger partial charge is 0.251 e. The third-order valence-corrected chi connectivity index (χ3v) is 6.63. The van der Waals surface area contributed by atoms with Crippen LogP contribution in [0.3, 0.4) is 0 Å². The molecule has 3 aromatic rings. The molecule has 0 radical (unpaired) electrons. The van der Waals surface area contributed by atoms with Gasteiger partial charge in [0.2, 0.25) is 0 Å². The zero-order valence-corrected chi connectivity index (χ0v) is 18.6. The lowest BCUT2D eigenvalue weighted by molar-refractivity contribution is 0.174. The number of piperidine rings is 1. The quantitative estimate of drug-likeness (QED) is 0.541. The SMILES string of the molecule is CCc1ncc(CCC2CCN(CCn3c(=O)ccc4ncc(F)cc43)CC2)cc1Cl. The van der Waals surface area contributed by atoms with Gasteiger partial charge in [-0.15, -0.1) is 0 Å². The second kappa shape index (κ2) is 9.88. The van der Waals surface area contributed by atoms with E-state index in [1.54, 1.807) is 10.6 Å². The van der Waals surface area contributed by atoms with Crippen LogP contribution in [0.1, 0.15) is 37.4 Å². The Labute approximate surface area is 186 Å². The van der Waals surface area contributed by atoms with E-state index in [-0.39, 0.29) is 5.56 Å². The van der Waals surface area contributed by atoms with E-state index in [2.05, 4.69) is 27.9 Å². The number of halogens is 2. The Morgan fingerprint density at radius 2 is 1.94 bits per heavy atom. The Balaban J connectivity index is 1.29. The predicted molar refractivity (Wildman–Crippen MR) is 122 cm³/mol. The fourth-order valence-corrected chi connectivity index (χ4v) is 4.71. The zero-order chi connectivity index (χ0) is 21.8. The Bertz CT molecular complexity index is 1110. The number of aromatic nitrogens is 3. The van der Waals surface area contributed by atoms with Gasteiger partial charge in [-0.05, 0) is 68.8 Å². The molecular weight excluding hydrogens is 415 g/mol. The number of hydrogen-bond donors (Lipinski definition) is 0. The van der Waals surface area contributed by atoms with E-state index in [1.807, 2.05) is 6.20 Å². The monoisotopic (exact) mass is 442 g/mol. The molecule has 0 atom stereocenters. The van der Waals surface area contributed by atoms with Crippen LogP contribution in [-0.2, 0) is 19.4 Å². The third-order valence-electron chi connectivity index (χ3n) is 6.30. The maximum Gasteiger partial charge on any atom is 0.251 e. The number of aryl methyl sites for hydroxylation is 2. The summed E-state index contributed by atoms with van der Waals surface area (Å²) in [5.74, 6) is 0.271. The highest BCUT2D eigenvalue weighted by Crippen LogP contribution is 2.24. The van der Waals surface area contributed by atoms with Gasteiger partial charge in [0, 0.05) is 31.4 Å². The van der Waals surface area contributed by atoms with Crippen molar-refractivity contribution in [3.05, 3.63) is 69.1 Å². The molecule has 1 fully saturated rings. The first-order valence-corrected chi connectivity index (χ1v) is 11.4. The molecule has 0 saturated carbocycles. The van der Waals surface area contributed by atoms with Crippen LogP contribution in [0, 0.1) is 11.7 Å². The van der Waals surface area contributed by atoms with Gasteiger partial charge in [0.15, 0.2) is 0 Å². The van der Waals surface area contributed by atoms with E-state index in [4.69, 9.17) is 11.6 Å². The number of fused-ring (bicyclic) bond motifs is 1. The Morgan fingerprint density at radius 3 is 2.68 bits per heavy atom. The fourth-order valence-electron chi connectivity index (χ4n) is 4.39. The summed E-state index contributed by atoms with van der Waals surface area (Å²) in [6, 6.07) is 6.61. The average molecular weight is 443 g/mol. The largest absolute Gasteiger partial charge is 0.305 e. The highest BCUT2D eigenvalue weighted by Gasteiger charge is 2.19. The summed E-state index contributed by atoms with van der Waals surface area (Å²) < 4.78 is 15.3. The van der Waals surface area contributed by atoms with Crippen LogP contribution in [0.25, 0.3) is 11.0 Å². The van der Waals surface area contributed by atoms with Crippen molar-refractivity contribution in [1.82, 2.24) is 19.4 Å². The Kier molecular flexibility index (Phi) is 6.98. The van der Waals surface area contributed by atoms with E-state index < -0.39 is 5.82 Å². The van der Waals surface area contributed by atoms with Crippen LogP contribution >= 0.6 is 11.6 Å². The van der Waals surface area contributed by atoms with Crippen LogP contribution in [-0.4, -0.2) is 39.1 Å². The minimum Gasteiger partial charge on any atom is -0.305 e. The Morgan fingerprint density at radius 1 is 1.13 bits per heavy atom. The number of rotatable bonds is 7. The Hall–Kier alpha value is -2.31. The molecular formula is C24H28ClFN4O. The minimum absolute atomic E-state index is 0.115. The summed E-state index contributed by atoms with van der Waals surface area (Å²) in [6.07, 6.45) is 8.44. The lowest BCUT2D eigenvalue weighted by atomic mass is 9.91. The van der Waals surface area contributed by atoms with Crippen molar-refractivity contribution in [1.29, 1.82) is 0 Å². The first kappa shape index (κ1) is 21.9. The summed E-state index contributed by atoms with van der Waals surface area (Å²) in [5.41, 5.74) is 3.25. The molecule has 0 bridgehead atoms. The number of hydrogen-bond acceptors (Lipinski definition) is 4. The predicted octanol–water partition coefficient (Wildman–Crippen LogP) is 4.49. The molecule has 0 unspecified atom stereocenters. The molecule has 31 heavy (non-hydrogen) atoms. The topological polar surface area (TPSA) is 51.0 Å². The summed E-state index contributed by atoms with van der Waals surface area (Å²) >= 11 is 6.29. The molecule has 0 amide bonds. The molecule has 5 nitrogen and oxygen atoms in total. The molecule has 1 saturated heterocycles. The number of pyridine rings is 3. The summed E-state index contributed by atoms with van der Waals surface area (Å²) in [5, 5.41) is 0.772. The maximum atomic E-state index is 13.6. The van der Waals surface area contributed by atoms with Crippen molar-refractivity contribution in [2.75, 3.05) is 19.6 Å². The number of nitrogens with zero attached hydrogens (tertiary/aromatic N) is 4. The lowest BCUT2D eigenvalue weighted by Gasteiger charge is -2.32. The lowest BCUT2D eigenvalue weighted by Crippen LogP contribution is -2.37. The summed E-state index contributed by atoms with van der Waals surface area (Å²) in [6.45, 7) is 5.42. The molecule has 0 aromatic carbocycles. The zero-order valence-electron chi connectivity index (χ0n) is 17.9. The highest BCUT2D eigenvalue weighted by molar-refractivity contribution is 6.31. The van der Waals surface area contributed by atoms with Crippen LogP contribution < -0.4 is 5.56 Å².